The molecule has 0 bridgehead atoms. The van der Waals surface area contributed by atoms with E-state index in [4.69, 9.17) is 16.7 Å². The summed E-state index contributed by atoms with van der Waals surface area (Å²) in [4.78, 5) is 21.3. The summed E-state index contributed by atoms with van der Waals surface area (Å²) in [7, 11) is 0. The van der Waals surface area contributed by atoms with Crippen molar-refractivity contribution in [3.8, 4) is 11.1 Å². The Kier molecular flexibility index (Phi) is 4.78. The van der Waals surface area contributed by atoms with Crippen LogP contribution >= 0.6 is 11.6 Å². The van der Waals surface area contributed by atoms with Crippen LogP contribution in [0.15, 0.2) is 71.9 Å². The van der Waals surface area contributed by atoms with Crippen molar-refractivity contribution in [1.29, 1.82) is 0 Å². The van der Waals surface area contributed by atoms with Crippen LogP contribution in [0, 0.1) is 13.8 Å². The van der Waals surface area contributed by atoms with Gasteiger partial charge in [0.1, 0.15) is 0 Å². The Bertz CT molecular complexity index is 1760. The summed E-state index contributed by atoms with van der Waals surface area (Å²) < 4.78 is 3.52. The lowest BCUT2D eigenvalue weighted by Crippen LogP contribution is -2.21. The van der Waals surface area contributed by atoms with Crippen LogP contribution in [0.1, 0.15) is 16.8 Å². The molecule has 6 rings (SSSR count). The van der Waals surface area contributed by atoms with Gasteiger partial charge in [0.05, 0.1) is 16.6 Å². The van der Waals surface area contributed by atoms with Gasteiger partial charge >= 0.3 is 0 Å². The van der Waals surface area contributed by atoms with E-state index in [2.05, 4.69) is 35.1 Å². The van der Waals surface area contributed by atoms with Crippen LogP contribution in [0.5, 0.6) is 0 Å². The summed E-state index contributed by atoms with van der Waals surface area (Å²) in [5.41, 5.74) is 7.72. The van der Waals surface area contributed by atoms with Crippen LogP contribution in [-0.2, 0) is 13.0 Å². The molecule has 0 saturated carbocycles. The van der Waals surface area contributed by atoms with E-state index in [9.17, 15) is 4.79 Å². The molecule has 168 valence electrons. The predicted octanol–water partition coefficient (Wildman–Crippen LogP) is 5.71. The molecule has 0 saturated heterocycles. The van der Waals surface area contributed by atoms with E-state index >= 15 is 0 Å². The second kappa shape index (κ2) is 7.85. The number of aromatic amines is 1. The van der Waals surface area contributed by atoms with Gasteiger partial charge in [-0.2, -0.15) is 5.10 Å². The van der Waals surface area contributed by atoms with Gasteiger partial charge in [-0.3, -0.25) is 4.79 Å². The number of rotatable bonds is 4. The zero-order chi connectivity index (χ0) is 23.4. The molecule has 6 aromatic rings. The summed E-state index contributed by atoms with van der Waals surface area (Å²) in [6.07, 6.45) is 6.31. The number of hydrogen-bond acceptors (Lipinski definition) is 3. The quantitative estimate of drug-likeness (QED) is 0.361. The lowest BCUT2D eigenvalue weighted by atomic mass is 10.1. The number of aryl methyl sites for hydroxylation is 4. The monoisotopic (exact) mass is 467 g/mol. The average Bonchev–Trinajstić information content (AvgIpc) is 3.39. The number of nitrogens with zero attached hydrogens (tertiary/aromatic N) is 4. The molecule has 0 amide bonds. The zero-order valence-corrected chi connectivity index (χ0v) is 19.6. The molecule has 0 aliphatic heterocycles. The van der Waals surface area contributed by atoms with Crippen LogP contribution in [0.25, 0.3) is 38.6 Å². The summed E-state index contributed by atoms with van der Waals surface area (Å²) in [5.74, 6) is 0. The van der Waals surface area contributed by atoms with Crippen molar-refractivity contribution in [1.82, 2.24) is 24.1 Å². The van der Waals surface area contributed by atoms with Crippen LogP contribution in [-0.4, -0.2) is 24.1 Å². The topological polar surface area (TPSA) is 68.0 Å². The van der Waals surface area contributed by atoms with Crippen LogP contribution < -0.4 is 5.56 Å². The summed E-state index contributed by atoms with van der Waals surface area (Å²) in [5, 5.41) is 7.15. The highest BCUT2D eigenvalue weighted by molar-refractivity contribution is 6.30. The molecule has 34 heavy (non-hydrogen) atoms. The minimum atomic E-state index is -0.0656. The molecule has 4 aromatic heterocycles. The van der Waals surface area contributed by atoms with Crippen molar-refractivity contribution in [2.75, 3.05) is 0 Å². The van der Waals surface area contributed by atoms with E-state index in [1.54, 1.807) is 15.3 Å². The van der Waals surface area contributed by atoms with Gasteiger partial charge in [-0.05, 0) is 61.7 Å². The molecule has 0 aliphatic rings. The summed E-state index contributed by atoms with van der Waals surface area (Å²) >= 11 is 6.06. The van der Waals surface area contributed by atoms with Gasteiger partial charge < -0.3 is 9.55 Å². The maximum absolute atomic E-state index is 13.3. The number of benzene rings is 2. The SMILES string of the molecule is Cc1ccc2[nH]cc(CCn3ccc4c(cnc5c(-c6ccc(Cl)cc6)c(C)nn54)c3=O)c2c1. The highest BCUT2D eigenvalue weighted by Crippen LogP contribution is 2.29. The van der Waals surface area contributed by atoms with Gasteiger partial charge in [0, 0.05) is 46.6 Å². The smallest absolute Gasteiger partial charge is 0.261 e. The number of aromatic nitrogens is 5. The number of H-pyrrole nitrogens is 1. The Morgan fingerprint density at radius 3 is 2.68 bits per heavy atom. The molecule has 6 nitrogen and oxygen atoms in total. The predicted molar refractivity (Wildman–Crippen MR) is 137 cm³/mol. The van der Waals surface area contributed by atoms with E-state index in [1.165, 1.54) is 16.5 Å². The number of fused-ring (bicyclic) bond motifs is 4. The molecule has 2 aromatic carbocycles. The van der Waals surface area contributed by atoms with Crippen molar-refractivity contribution in [2.45, 2.75) is 26.8 Å². The highest BCUT2D eigenvalue weighted by Gasteiger charge is 2.16. The molecule has 0 fully saturated rings. The molecule has 1 N–H and O–H groups in total. The van der Waals surface area contributed by atoms with E-state index in [1.807, 2.05) is 49.6 Å². The van der Waals surface area contributed by atoms with Crippen molar-refractivity contribution < 1.29 is 0 Å². The number of pyridine rings is 1. The Labute approximate surface area is 200 Å². The summed E-state index contributed by atoms with van der Waals surface area (Å²) in [6.45, 7) is 4.63. The normalized spacial score (nSPS) is 11.7. The maximum Gasteiger partial charge on any atom is 0.261 e. The van der Waals surface area contributed by atoms with Gasteiger partial charge in [0.25, 0.3) is 5.56 Å². The van der Waals surface area contributed by atoms with E-state index in [-0.39, 0.29) is 5.56 Å². The first-order chi connectivity index (χ1) is 16.5. The van der Waals surface area contributed by atoms with Crippen molar-refractivity contribution in [3.05, 3.63) is 99.3 Å². The molecular formula is C27H22ClN5O. The van der Waals surface area contributed by atoms with E-state index < -0.39 is 0 Å². The van der Waals surface area contributed by atoms with Crippen molar-refractivity contribution in [2.24, 2.45) is 0 Å². The Hall–Kier alpha value is -3.90. The Balaban J connectivity index is 1.39. The minimum absolute atomic E-state index is 0.0656. The van der Waals surface area contributed by atoms with Crippen LogP contribution in [0.2, 0.25) is 5.02 Å². The lowest BCUT2D eigenvalue weighted by Gasteiger charge is -2.08. The molecule has 0 unspecified atom stereocenters. The second-order valence-electron chi connectivity index (χ2n) is 8.69. The molecule has 7 heteroatoms. The first kappa shape index (κ1) is 20.7. The first-order valence-electron chi connectivity index (χ1n) is 11.2. The van der Waals surface area contributed by atoms with Gasteiger partial charge in [-0.25, -0.2) is 9.50 Å². The molecule has 0 aliphatic carbocycles. The average molecular weight is 468 g/mol. The maximum atomic E-state index is 13.3. The van der Waals surface area contributed by atoms with Gasteiger partial charge in [0.2, 0.25) is 0 Å². The summed E-state index contributed by atoms with van der Waals surface area (Å²) in [6, 6.07) is 16.0. The minimum Gasteiger partial charge on any atom is -0.361 e. The zero-order valence-electron chi connectivity index (χ0n) is 18.8. The third-order valence-electron chi connectivity index (χ3n) is 6.44. The van der Waals surface area contributed by atoms with E-state index in [0.717, 1.165) is 39.9 Å². The fourth-order valence-corrected chi connectivity index (χ4v) is 4.81. The fraction of sp³-hybridized carbons (Fsp3) is 0.148. The molecular weight excluding hydrogens is 446 g/mol. The standard InChI is InChI=1S/C27H22ClN5O/c1-16-3-8-23-21(13-16)19(14-29-23)9-11-32-12-10-24-22(27(32)34)15-30-26-25(17(2)31-33(24)26)18-4-6-20(28)7-5-18/h3-8,10,12-15,29H,9,11H2,1-2H3. The second-order valence-corrected chi connectivity index (χ2v) is 9.12. The van der Waals surface area contributed by atoms with Gasteiger partial charge in [0.15, 0.2) is 5.65 Å². The van der Waals surface area contributed by atoms with Gasteiger partial charge in [-0.1, -0.05) is 35.4 Å². The Morgan fingerprint density at radius 1 is 1.03 bits per heavy atom. The number of hydrogen-bond donors (Lipinski definition) is 1. The van der Waals surface area contributed by atoms with Gasteiger partial charge in [-0.15, -0.1) is 0 Å². The van der Waals surface area contributed by atoms with Crippen LogP contribution in [0.4, 0.5) is 0 Å². The fourth-order valence-electron chi connectivity index (χ4n) is 4.69. The lowest BCUT2D eigenvalue weighted by molar-refractivity contribution is 0.676. The molecule has 0 radical (unpaired) electrons. The van der Waals surface area contributed by atoms with E-state index in [0.29, 0.717) is 17.0 Å². The van der Waals surface area contributed by atoms with Crippen molar-refractivity contribution in [3.63, 3.8) is 0 Å². The molecule has 4 heterocycles. The van der Waals surface area contributed by atoms with Crippen molar-refractivity contribution >= 4 is 39.1 Å². The first-order valence-corrected chi connectivity index (χ1v) is 11.6. The number of halogens is 1. The Morgan fingerprint density at radius 2 is 1.85 bits per heavy atom. The molecule has 0 atom stereocenters. The highest BCUT2D eigenvalue weighted by atomic mass is 35.5. The third-order valence-corrected chi connectivity index (χ3v) is 6.69. The third kappa shape index (κ3) is 3.30. The number of nitrogens with one attached hydrogen (secondary N) is 1. The molecule has 0 spiro atoms. The largest absolute Gasteiger partial charge is 0.361 e. The van der Waals surface area contributed by atoms with Crippen LogP contribution in [0.3, 0.4) is 0 Å².